The number of ether oxygens (including phenoxy) is 1. The number of imide groups is 1. The average Bonchev–Trinajstić information content (AvgIpc) is 3.83. The van der Waals surface area contributed by atoms with Crippen LogP contribution < -0.4 is 0 Å². The van der Waals surface area contributed by atoms with E-state index in [4.69, 9.17) is 9.72 Å². The standard InChI is InChI=1S/C45H37N3O5/c49-37(24-23-30-15-4-1-5-16-30)53-28-14-27-48-43(50)40-33-29-34(45(52,32-19-8-3-9-20-32)36-22-11-13-26-47-36)41(42(40)44(48)51)39(33)38(31-17-6-2-7-18-31)35-21-10-12-25-46-35/h1-13,15-26,29,33,40-42,52H,14,27-28H2/b24-23+,39-38?/t33-,40-,41+,42-,45?/m0/s1. The summed E-state index contributed by atoms with van der Waals surface area (Å²) in [6, 6.07) is 39.8. The van der Waals surface area contributed by atoms with Crippen molar-refractivity contribution in [2.24, 2.45) is 23.7 Å². The number of fused-ring (bicyclic) bond motifs is 5. The van der Waals surface area contributed by atoms with Crippen molar-refractivity contribution in [1.29, 1.82) is 0 Å². The molecule has 3 aliphatic rings. The van der Waals surface area contributed by atoms with Gasteiger partial charge in [-0.25, -0.2) is 4.79 Å². The number of rotatable bonds is 11. The van der Waals surface area contributed by atoms with Crippen LogP contribution >= 0.6 is 0 Å². The molecule has 1 unspecified atom stereocenters. The van der Waals surface area contributed by atoms with E-state index < -0.39 is 35.2 Å². The maximum absolute atomic E-state index is 14.6. The number of amides is 2. The van der Waals surface area contributed by atoms with Crippen LogP contribution in [0.5, 0.6) is 0 Å². The number of allylic oxidation sites excluding steroid dienone is 2. The summed E-state index contributed by atoms with van der Waals surface area (Å²) in [5.74, 6) is -3.57. The second-order valence-corrected chi connectivity index (χ2v) is 13.5. The van der Waals surface area contributed by atoms with Gasteiger partial charge in [0.2, 0.25) is 11.8 Å². The number of hydrogen-bond donors (Lipinski definition) is 1. The molecular formula is C45H37N3O5. The minimum absolute atomic E-state index is 0.0527. The Morgan fingerprint density at radius 2 is 1.42 bits per heavy atom. The predicted molar refractivity (Wildman–Crippen MR) is 200 cm³/mol. The van der Waals surface area contributed by atoms with Gasteiger partial charge in [0.15, 0.2) is 5.60 Å². The monoisotopic (exact) mass is 699 g/mol. The van der Waals surface area contributed by atoms with Crippen LogP contribution in [0.4, 0.5) is 0 Å². The van der Waals surface area contributed by atoms with Crippen LogP contribution in [0.2, 0.25) is 0 Å². The number of aliphatic hydroxyl groups is 1. The zero-order valence-electron chi connectivity index (χ0n) is 28.9. The fourth-order valence-electron chi connectivity index (χ4n) is 8.30. The smallest absolute Gasteiger partial charge is 0.330 e. The van der Waals surface area contributed by atoms with E-state index in [0.29, 0.717) is 23.3 Å². The first-order chi connectivity index (χ1) is 26.0. The molecule has 3 heterocycles. The summed E-state index contributed by atoms with van der Waals surface area (Å²) in [4.78, 5) is 52.1. The molecule has 2 aliphatic carbocycles. The van der Waals surface area contributed by atoms with Crippen LogP contribution in [0.25, 0.3) is 11.6 Å². The van der Waals surface area contributed by atoms with Crippen molar-refractivity contribution in [3.63, 3.8) is 0 Å². The molecule has 0 radical (unpaired) electrons. The molecule has 1 saturated carbocycles. The highest BCUT2D eigenvalue weighted by Gasteiger charge is 2.66. The zero-order chi connectivity index (χ0) is 36.4. The molecular weight excluding hydrogens is 663 g/mol. The number of benzene rings is 3. The van der Waals surface area contributed by atoms with E-state index in [9.17, 15) is 19.5 Å². The Kier molecular flexibility index (Phi) is 9.21. The highest BCUT2D eigenvalue weighted by atomic mass is 16.5. The summed E-state index contributed by atoms with van der Waals surface area (Å²) in [5.41, 5.74) is 4.22. The van der Waals surface area contributed by atoms with Gasteiger partial charge in [-0.1, -0.05) is 109 Å². The van der Waals surface area contributed by atoms with Crippen molar-refractivity contribution in [2.45, 2.75) is 12.0 Å². The molecule has 2 aromatic heterocycles. The fourth-order valence-corrected chi connectivity index (χ4v) is 8.30. The van der Waals surface area contributed by atoms with Crippen molar-refractivity contribution in [3.8, 4) is 0 Å². The molecule has 53 heavy (non-hydrogen) atoms. The molecule has 5 aromatic rings. The molecule has 3 aromatic carbocycles. The van der Waals surface area contributed by atoms with Gasteiger partial charge in [0.1, 0.15) is 0 Å². The van der Waals surface area contributed by atoms with E-state index in [-0.39, 0.29) is 25.0 Å². The highest BCUT2D eigenvalue weighted by Crippen LogP contribution is 2.64. The third-order valence-electron chi connectivity index (χ3n) is 10.5. The Morgan fingerprint density at radius 3 is 2.09 bits per heavy atom. The number of esters is 1. The zero-order valence-corrected chi connectivity index (χ0v) is 28.9. The van der Waals surface area contributed by atoms with Gasteiger partial charge in [0.05, 0.1) is 29.8 Å². The second-order valence-electron chi connectivity index (χ2n) is 13.5. The topological polar surface area (TPSA) is 110 Å². The molecule has 262 valence electrons. The molecule has 0 spiro atoms. The first kappa shape index (κ1) is 33.9. The minimum Gasteiger partial charge on any atom is -0.462 e. The Morgan fingerprint density at radius 1 is 0.774 bits per heavy atom. The lowest BCUT2D eigenvalue weighted by Crippen LogP contribution is -2.38. The van der Waals surface area contributed by atoms with Gasteiger partial charge in [-0.2, -0.15) is 0 Å². The lowest BCUT2D eigenvalue weighted by molar-refractivity contribution is -0.141. The van der Waals surface area contributed by atoms with Crippen LogP contribution in [0.3, 0.4) is 0 Å². The maximum atomic E-state index is 14.6. The lowest BCUT2D eigenvalue weighted by atomic mass is 9.71. The number of nitrogens with zero attached hydrogens (tertiary/aromatic N) is 3. The van der Waals surface area contributed by atoms with E-state index in [1.807, 2.05) is 121 Å². The second kappa shape index (κ2) is 14.4. The third-order valence-corrected chi connectivity index (χ3v) is 10.5. The van der Waals surface area contributed by atoms with E-state index >= 15 is 0 Å². The number of hydrogen-bond acceptors (Lipinski definition) is 7. The lowest BCUT2D eigenvalue weighted by Gasteiger charge is -2.36. The molecule has 8 nitrogen and oxygen atoms in total. The van der Waals surface area contributed by atoms with Gasteiger partial charge in [0.25, 0.3) is 0 Å². The molecule has 8 rings (SSSR count). The molecule has 5 atom stereocenters. The number of carbonyl (C=O) groups is 3. The highest BCUT2D eigenvalue weighted by molar-refractivity contribution is 6.08. The minimum atomic E-state index is -1.69. The maximum Gasteiger partial charge on any atom is 0.330 e. The quantitative estimate of drug-likeness (QED) is 0.0541. The fraction of sp³-hybridized carbons (Fsp3) is 0.178. The number of pyridine rings is 2. The molecule has 2 amide bonds. The van der Waals surface area contributed by atoms with Gasteiger partial charge in [-0.15, -0.1) is 0 Å². The van der Waals surface area contributed by atoms with Crippen molar-refractivity contribution in [2.75, 3.05) is 13.2 Å². The van der Waals surface area contributed by atoms with Crippen LogP contribution in [0.15, 0.2) is 163 Å². The summed E-state index contributed by atoms with van der Waals surface area (Å²) < 4.78 is 5.41. The third kappa shape index (κ3) is 6.11. The number of likely N-dealkylation sites (tertiary alicyclic amines) is 1. The molecule has 2 fully saturated rings. The van der Waals surface area contributed by atoms with Crippen LogP contribution in [-0.2, 0) is 24.7 Å². The van der Waals surface area contributed by atoms with E-state index in [2.05, 4.69) is 4.98 Å². The predicted octanol–water partition coefficient (Wildman–Crippen LogP) is 6.65. The van der Waals surface area contributed by atoms with Crippen LogP contribution in [0.1, 0.15) is 34.5 Å². The summed E-state index contributed by atoms with van der Waals surface area (Å²) in [6.45, 7) is 0.167. The molecule has 1 aliphatic heterocycles. The van der Waals surface area contributed by atoms with Crippen LogP contribution in [-0.4, -0.2) is 50.9 Å². The Hall–Kier alpha value is -6.25. The van der Waals surface area contributed by atoms with Gasteiger partial charge in [0, 0.05) is 42.4 Å². The van der Waals surface area contributed by atoms with E-state index in [1.165, 1.54) is 11.0 Å². The first-order valence-corrected chi connectivity index (χ1v) is 17.8. The van der Waals surface area contributed by atoms with Crippen molar-refractivity contribution >= 4 is 29.4 Å². The summed E-state index contributed by atoms with van der Waals surface area (Å²) in [6.07, 6.45) is 8.73. The van der Waals surface area contributed by atoms with Gasteiger partial charge < -0.3 is 9.84 Å². The van der Waals surface area contributed by atoms with E-state index in [1.54, 1.807) is 30.6 Å². The van der Waals surface area contributed by atoms with Crippen molar-refractivity contribution in [1.82, 2.24) is 14.9 Å². The first-order valence-electron chi connectivity index (χ1n) is 17.8. The van der Waals surface area contributed by atoms with Crippen molar-refractivity contribution < 1.29 is 24.2 Å². The molecule has 1 saturated heterocycles. The van der Waals surface area contributed by atoms with Gasteiger partial charge in [-0.3, -0.25) is 24.5 Å². The largest absolute Gasteiger partial charge is 0.462 e. The molecule has 2 bridgehead atoms. The van der Waals surface area contributed by atoms with Gasteiger partial charge in [-0.05, 0) is 64.6 Å². The molecule has 1 N–H and O–H groups in total. The molecule has 8 heteroatoms. The Labute approximate surface area is 307 Å². The average molecular weight is 700 g/mol. The normalized spacial score (nSPS) is 22.4. The van der Waals surface area contributed by atoms with E-state index in [0.717, 1.165) is 28.0 Å². The number of carbonyl (C=O) groups excluding carboxylic acids is 3. The summed E-state index contributed by atoms with van der Waals surface area (Å²) >= 11 is 0. The van der Waals surface area contributed by atoms with Crippen molar-refractivity contribution in [3.05, 3.63) is 191 Å². The Balaban J connectivity index is 1.16. The number of aromatic nitrogens is 2. The summed E-state index contributed by atoms with van der Waals surface area (Å²) in [7, 11) is 0. The summed E-state index contributed by atoms with van der Waals surface area (Å²) in [5, 5.41) is 13.1. The SMILES string of the molecule is O=C(/C=C/c1ccccc1)OCCCN1C(=O)[C@@H]2[C@@H]3C(C(O)(c4ccccc4)c4ccccn4)=C[C@@H](C3=C(c3ccccc3)c3ccccn3)[C@@H]2C1=O. The Bertz CT molecular complexity index is 2140. The van der Waals surface area contributed by atoms with Gasteiger partial charge >= 0.3 is 5.97 Å². The van der Waals surface area contributed by atoms with Crippen LogP contribution in [0, 0.1) is 23.7 Å².